The van der Waals surface area contributed by atoms with Crippen molar-refractivity contribution in [2.45, 2.75) is 32.2 Å². The van der Waals surface area contributed by atoms with E-state index in [0.29, 0.717) is 11.8 Å². The van der Waals surface area contributed by atoms with Crippen LogP contribution in [0.25, 0.3) is 0 Å². The van der Waals surface area contributed by atoms with Crippen molar-refractivity contribution in [2.24, 2.45) is 17.6 Å². The Bertz CT molecular complexity index is 407. The van der Waals surface area contributed by atoms with E-state index in [4.69, 9.17) is 5.73 Å². The molecular weight excluding hydrogens is 239 g/mol. The molecule has 19 heavy (non-hydrogen) atoms. The molecule has 2 rings (SSSR count). The van der Waals surface area contributed by atoms with Crippen molar-refractivity contribution in [3.63, 3.8) is 0 Å². The first-order valence-electron chi connectivity index (χ1n) is 7.28. The Balaban J connectivity index is 1.99. The summed E-state index contributed by atoms with van der Waals surface area (Å²) in [6.45, 7) is 3.87. The summed E-state index contributed by atoms with van der Waals surface area (Å²) in [4.78, 5) is 2.26. The van der Waals surface area contributed by atoms with Crippen molar-refractivity contribution in [1.82, 2.24) is 4.90 Å². The van der Waals surface area contributed by atoms with Crippen molar-refractivity contribution in [3.05, 3.63) is 35.6 Å². The third kappa shape index (κ3) is 3.34. The normalized spacial score (nSPS) is 24.9. The molecule has 0 aromatic heterocycles. The summed E-state index contributed by atoms with van der Waals surface area (Å²) in [5.41, 5.74) is 6.62. The van der Waals surface area contributed by atoms with Crippen LogP contribution >= 0.6 is 0 Å². The summed E-state index contributed by atoms with van der Waals surface area (Å²) in [5, 5.41) is 0. The topological polar surface area (TPSA) is 29.3 Å². The van der Waals surface area contributed by atoms with E-state index in [1.807, 2.05) is 12.1 Å². The van der Waals surface area contributed by atoms with Crippen molar-refractivity contribution in [3.8, 4) is 0 Å². The van der Waals surface area contributed by atoms with E-state index in [1.165, 1.54) is 25.3 Å². The molecule has 0 heterocycles. The maximum Gasteiger partial charge on any atom is 0.127 e. The quantitative estimate of drug-likeness (QED) is 0.885. The highest BCUT2D eigenvalue weighted by Gasteiger charge is 2.28. The fourth-order valence-electron chi connectivity index (χ4n) is 3.24. The minimum atomic E-state index is -0.108. The van der Waals surface area contributed by atoms with Gasteiger partial charge in [-0.25, -0.2) is 4.39 Å². The molecule has 1 aliphatic carbocycles. The van der Waals surface area contributed by atoms with E-state index in [-0.39, 0.29) is 11.9 Å². The SMILES string of the molecule is CC(c1ccccc1F)N(C)CC1CCCC1CN. The highest BCUT2D eigenvalue weighted by molar-refractivity contribution is 5.20. The van der Waals surface area contributed by atoms with Crippen molar-refractivity contribution >= 4 is 0 Å². The molecule has 1 aliphatic rings. The first kappa shape index (κ1) is 14.5. The molecule has 0 saturated heterocycles. The van der Waals surface area contributed by atoms with Crippen LogP contribution in [0.2, 0.25) is 0 Å². The van der Waals surface area contributed by atoms with Crippen LogP contribution in [0.3, 0.4) is 0 Å². The number of nitrogens with zero attached hydrogens (tertiary/aromatic N) is 1. The maximum atomic E-state index is 13.8. The van der Waals surface area contributed by atoms with Gasteiger partial charge >= 0.3 is 0 Å². The van der Waals surface area contributed by atoms with Gasteiger partial charge in [0.05, 0.1) is 0 Å². The standard InChI is InChI=1S/C16H25FN2/c1-12(15-8-3-4-9-16(15)17)19(2)11-14-7-5-6-13(14)10-18/h3-4,8-9,12-14H,5-7,10-11,18H2,1-2H3. The third-order valence-corrected chi connectivity index (χ3v) is 4.66. The van der Waals surface area contributed by atoms with Gasteiger partial charge in [0.2, 0.25) is 0 Å². The molecule has 0 spiro atoms. The van der Waals surface area contributed by atoms with E-state index in [0.717, 1.165) is 18.7 Å². The lowest BCUT2D eigenvalue weighted by Crippen LogP contribution is -2.32. The van der Waals surface area contributed by atoms with Gasteiger partial charge in [-0.15, -0.1) is 0 Å². The molecule has 2 N–H and O–H groups in total. The zero-order valence-corrected chi connectivity index (χ0v) is 12.0. The first-order valence-corrected chi connectivity index (χ1v) is 7.28. The third-order valence-electron chi connectivity index (χ3n) is 4.66. The average molecular weight is 264 g/mol. The lowest BCUT2D eigenvalue weighted by atomic mass is 9.94. The zero-order valence-electron chi connectivity index (χ0n) is 12.0. The van der Waals surface area contributed by atoms with Crippen LogP contribution in [0.5, 0.6) is 0 Å². The van der Waals surface area contributed by atoms with Gasteiger partial charge in [-0.3, -0.25) is 4.90 Å². The molecule has 0 aliphatic heterocycles. The van der Waals surface area contributed by atoms with E-state index in [2.05, 4.69) is 18.9 Å². The fourth-order valence-corrected chi connectivity index (χ4v) is 3.24. The van der Waals surface area contributed by atoms with Crippen LogP contribution < -0.4 is 5.73 Å². The van der Waals surface area contributed by atoms with Crippen LogP contribution in [-0.4, -0.2) is 25.0 Å². The highest BCUT2D eigenvalue weighted by Crippen LogP contribution is 2.33. The zero-order chi connectivity index (χ0) is 13.8. The summed E-state index contributed by atoms with van der Waals surface area (Å²) < 4.78 is 13.8. The van der Waals surface area contributed by atoms with Crippen LogP contribution in [0.15, 0.2) is 24.3 Å². The molecule has 3 unspecified atom stereocenters. The van der Waals surface area contributed by atoms with Crippen LogP contribution in [0, 0.1) is 17.7 Å². The van der Waals surface area contributed by atoms with E-state index >= 15 is 0 Å². The molecule has 1 aromatic carbocycles. The van der Waals surface area contributed by atoms with Gasteiger partial charge in [0.15, 0.2) is 0 Å². The second kappa shape index (κ2) is 6.49. The van der Waals surface area contributed by atoms with Crippen LogP contribution in [-0.2, 0) is 0 Å². The Morgan fingerprint density at radius 3 is 2.68 bits per heavy atom. The summed E-state index contributed by atoms with van der Waals surface area (Å²) >= 11 is 0. The van der Waals surface area contributed by atoms with E-state index in [1.54, 1.807) is 6.07 Å². The monoisotopic (exact) mass is 264 g/mol. The van der Waals surface area contributed by atoms with Gasteiger partial charge in [-0.05, 0) is 51.3 Å². The van der Waals surface area contributed by atoms with Gasteiger partial charge in [0.25, 0.3) is 0 Å². The van der Waals surface area contributed by atoms with Gasteiger partial charge in [-0.2, -0.15) is 0 Å². The van der Waals surface area contributed by atoms with Crippen molar-refractivity contribution in [1.29, 1.82) is 0 Å². The molecule has 0 amide bonds. The minimum absolute atomic E-state index is 0.108. The predicted octanol–water partition coefficient (Wildman–Crippen LogP) is 3.19. The largest absolute Gasteiger partial charge is 0.330 e. The Hall–Kier alpha value is -0.930. The molecule has 0 radical (unpaired) electrons. The molecule has 1 fully saturated rings. The highest BCUT2D eigenvalue weighted by atomic mass is 19.1. The molecule has 106 valence electrons. The second-order valence-electron chi connectivity index (χ2n) is 5.82. The Morgan fingerprint density at radius 2 is 2.00 bits per heavy atom. The summed E-state index contributed by atoms with van der Waals surface area (Å²) in [6.07, 6.45) is 3.80. The first-order chi connectivity index (χ1) is 9.13. The Kier molecular flexibility index (Phi) is 4.94. The number of nitrogens with two attached hydrogens (primary N) is 1. The minimum Gasteiger partial charge on any atom is -0.330 e. The van der Waals surface area contributed by atoms with Crippen molar-refractivity contribution in [2.75, 3.05) is 20.1 Å². The summed E-state index contributed by atoms with van der Waals surface area (Å²) in [7, 11) is 2.09. The maximum absolute atomic E-state index is 13.8. The molecule has 1 saturated carbocycles. The number of rotatable bonds is 5. The molecule has 2 nitrogen and oxygen atoms in total. The predicted molar refractivity (Wildman–Crippen MR) is 77.3 cm³/mol. The summed E-state index contributed by atoms with van der Waals surface area (Å²) in [5.74, 6) is 1.21. The molecule has 3 atom stereocenters. The van der Waals surface area contributed by atoms with Gasteiger partial charge in [0.1, 0.15) is 5.82 Å². The van der Waals surface area contributed by atoms with Crippen LogP contribution in [0.4, 0.5) is 4.39 Å². The second-order valence-corrected chi connectivity index (χ2v) is 5.82. The molecular formula is C16H25FN2. The number of halogens is 1. The van der Waals surface area contributed by atoms with Gasteiger partial charge in [-0.1, -0.05) is 24.6 Å². The fraction of sp³-hybridized carbons (Fsp3) is 0.625. The number of benzene rings is 1. The smallest absolute Gasteiger partial charge is 0.127 e. The van der Waals surface area contributed by atoms with Gasteiger partial charge < -0.3 is 5.73 Å². The van der Waals surface area contributed by atoms with Gasteiger partial charge in [0, 0.05) is 18.2 Å². The summed E-state index contributed by atoms with van der Waals surface area (Å²) in [6, 6.07) is 7.18. The van der Waals surface area contributed by atoms with E-state index < -0.39 is 0 Å². The number of hydrogen-bond acceptors (Lipinski definition) is 2. The lowest BCUT2D eigenvalue weighted by Gasteiger charge is -2.30. The Morgan fingerprint density at radius 1 is 1.32 bits per heavy atom. The molecule has 0 bridgehead atoms. The average Bonchev–Trinajstić information content (AvgIpc) is 2.85. The Labute approximate surface area is 115 Å². The number of hydrogen-bond donors (Lipinski definition) is 1. The van der Waals surface area contributed by atoms with E-state index in [9.17, 15) is 4.39 Å². The van der Waals surface area contributed by atoms with Crippen molar-refractivity contribution < 1.29 is 4.39 Å². The molecule has 1 aromatic rings. The molecule has 3 heteroatoms. The van der Waals surface area contributed by atoms with Crippen LogP contribution in [0.1, 0.15) is 37.8 Å². The lowest BCUT2D eigenvalue weighted by molar-refractivity contribution is 0.194.